The van der Waals surface area contributed by atoms with Crippen LogP contribution in [0.25, 0.3) is 0 Å². The Morgan fingerprint density at radius 1 is 1.52 bits per heavy atom. The minimum atomic E-state index is -0.353. The van der Waals surface area contributed by atoms with Crippen molar-refractivity contribution in [2.24, 2.45) is 5.73 Å². The number of carbonyl (C=O) groups is 1. The van der Waals surface area contributed by atoms with Crippen LogP contribution in [0.2, 0.25) is 0 Å². The van der Waals surface area contributed by atoms with E-state index in [4.69, 9.17) is 5.73 Å². The molecular weight excluding hydrogens is 269 g/mol. The maximum Gasteiger partial charge on any atom is 0.234 e. The van der Waals surface area contributed by atoms with Crippen LogP contribution in [0.3, 0.4) is 0 Å². The van der Waals surface area contributed by atoms with E-state index in [1.807, 2.05) is 11.9 Å². The summed E-state index contributed by atoms with van der Waals surface area (Å²) in [6, 6.07) is 5.18. The average molecular weight is 289 g/mol. The largest absolute Gasteiger partial charge is 0.352 e. The molecule has 4 nitrogen and oxygen atoms in total. The standard InChI is InChI=1S/C16H20FN3O/c1-20(11-16(21)19-14-5-6-14)10-12-4-7-15(17)13(9-12)3-2-8-18/h4,7,9,14H,5-6,8,10-11,18H2,1H3,(H,19,21). The van der Waals surface area contributed by atoms with Gasteiger partial charge in [0.2, 0.25) is 5.91 Å². The molecule has 1 aliphatic carbocycles. The lowest BCUT2D eigenvalue weighted by Gasteiger charge is -2.16. The highest BCUT2D eigenvalue weighted by Gasteiger charge is 2.23. The van der Waals surface area contributed by atoms with Crippen LogP contribution in [-0.4, -0.2) is 37.0 Å². The Bertz CT molecular complexity index is 573. The maximum atomic E-state index is 13.6. The van der Waals surface area contributed by atoms with Crippen molar-refractivity contribution in [2.75, 3.05) is 20.1 Å². The summed E-state index contributed by atoms with van der Waals surface area (Å²) in [7, 11) is 1.86. The molecule has 5 heteroatoms. The van der Waals surface area contributed by atoms with Crippen LogP contribution in [0.5, 0.6) is 0 Å². The highest BCUT2D eigenvalue weighted by Crippen LogP contribution is 2.18. The fraction of sp³-hybridized carbons (Fsp3) is 0.438. The molecule has 0 unspecified atom stereocenters. The zero-order valence-electron chi connectivity index (χ0n) is 12.2. The highest BCUT2D eigenvalue weighted by atomic mass is 19.1. The first-order chi connectivity index (χ1) is 10.1. The number of rotatable bonds is 5. The molecule has 1 fully saturated rings. The van der Waals surface area contributed by atoms with Crippen molar-refractivity contribution >= 4 is 5.91 Å². The van der Waals surface area contributed by atoms with Crippen LogP contribution in [-0.2, 0) is 11.3 Å². The molecule has 2 rings (SSSR count). The predicted molar refractivity (Wildman–Crippen MR) is 79.8 cm³/mol. The third-order valence-corrected chi connectivity index (χ3v) is 3.16. The van der Waals surface area contributed by atoms with Gasteiger partial charge in [0.05, 0.1) is 18.7 Å². The van der Waals surface area contributed by atoms with E-state index in [0.29, 0.717) is 24.7 Å². The number of likely N-dealkylation sites (N-methyl/N-ethyl adjacent to an activating group) is 1. The zero-order chi connectivity index (χ0) is 15.2. The molecule has 1 aliphatic rings. The molecule has 0 saturated heterocycles. The summed E-state index contributed by atoms with van der Waals surface area (Å²) < 4.78 is 13.6. The number of halogens is 1. The van der Waals surface area contributed by atoms with E-state index in [1.165, 1.54) is 6.07 Å². The first kappa shape index (κ1) is 15.5. The molecule has 1 aromatic rings. The van der Waals surface area contributed by atoms with Gasteiger partial charge in [0.1, 0.15) is 5.82 Å². The Morgan fingerprint density at radius 2 is 2.29 bits per heavy atom. The number of nitrogens with zero attached hydrogens (tertiary/aromatic N) is 1. The van der Waals surface area contributed by atoms with Crippen LogP contribution in [0, 0.1) is 17.7 Å². The van der Waals surface area contributed by atoms with Gasteiger partial charge < -0.3 is 11.1 Å². The number of carbonyl (C=O) groups excluding carboxylic acids is 1. The van der Waals surface area contributed by atoms with Gasteiger partial charge in [-0.2, -0.15) is 0 Å². The fourth-order valence-electron chi connectivity index (χ4n) is 2.03. The lowest BCUT2D eigenvalue weighted by atomic mass is 10.1. The van der Waals surface area contributed by atoms with Gasteiger partial charge in [0.15, 0.2) is 0 Å². The molecule has 112 valence electrons. The summed E-state index contributed by atoms with van der Waals surface area (Å²) in [4.78, 5) is 13.6. The Hall–Kier alpha value is -1.90. The van der Waals surface area contributed by atoms with Crippen molar-refractivity contribution in [2.45, 2.75) is 25.4 Å². The zero-order valence-corrected chi connectivity index (χ0v) is 12.2. The second-order valence-electron chi connectivity index (χ2n) is 5.33. The van der Waals surface area contributed by atoms with Crippen LogP contribution in [0.4, 0.5) is 4.39 Å². The summed E-state index contributed by atoms with van der Waals surface area (Å²) in [5.41, 5.74) is 6.55. The Kier molecular flexibility index (Phi) is 5.32. The molecule has 0 radical (unpaired) electrons. The topological polar surface area (TPSA) is 58.4 Å². The molecule has 0 aliphatic heterocycles. The predicted octanol–water partition coefficient (Wildman–Crippen LogP) is 0.846. The molecule has 1 amide bonds. The van der Waals surface area contributed by atoms with Gasteiger partial charge in [-0.15, -0.1) is 0 Å². The Balaban J connectivity index is 1.93. The van der Waals surface area contributed by atoms with Gasteiger partial charge >= 0.3 is 0 Å². The third-order valence-electron chi connectivity index (χ3n) is 3.16. The van der Waals surface area contributed by atoms with Crippen LogP contribution >= 0.6 is 0 Å². The Labute approximate surface area is 124 Å². The average Bonchev–Trinajstić information content (AvgIpc) is 3.22. The van der Waals surface area contributed by atoms with E-state index in [0.717, 1.165) is 18.4 Å². The van der Waals surface area contributed by atoms with Crippen LogP contribution < -0.4 is 11.1 Å². The quantitative estimate of drug-likeness (QED) is 0.790. The summed E-state index contributed by atoms with van der Waals surface area (Å²) in [5.74, 6) is 5.04. The monoisotopic (exact) mass is 289 g/mol. The SMILES string of the molecule is CN(CC(=O)NC1CC1)Cc1ccc(F)c(C#CCN)c1. The molecule has 3 N–H and O–H groups in total. The lowest BCUT2D eigenvalue weighted by Crippen LogP contribution is -2.35. The first-order valence-electron chi connectivity index (χ1n) is 7.03. The second kappa shape index (κ2) is 7.21. The molecule has 21 heavy (non-hydrogen) atoms. The van der Waals surface area contributed by atoms with Gasteiger partial charge in [-0.25, -0.2) is 4.39 Å². The smallest absolute Gasteiger partial charge is 0.234 e. The third kappa shape index (κ3) is 5.18. The number of amides is 1. The minimum absolute atomic E-state index is 0.0326. The number of hydrogen-bond acceptors (Lipinski definition) is 3. The summed E-state index contributed by atoms with van der Waals surface area (Å²) in [5, 5.41) is 2.94. The second-order valence-corrected chi connectivity index (χ2v) is 5.33. The molecular formula is C16H20FN3O. The first-order valence-corrected chi connectivity index (χ1v) is 7.03. The molecule has 1 saturated carbocycles. The minimum Gasteiger partial charge on any atom is -0.352 e. The van der Waals surface area contributed by atoms with Gasteiger partial charge in [0.25, 0.3) is 0 Å². The van der Waals surface area contributed by atoms with Crippen LogP contribution in [0.1, 0.15) is 24.0 Å². The van der Waals surface area contributed by atoms with Crippen molar-refractivity contribution in [1.29, 1.82) is 0 Å². The number of hydrogen-bond donors (Lipinski definition) is 2. The fourth-order valence-corrected chi connectivity index (χ4v) is 2.03. The van der Waals surface area contributed by atoms with Crippen molar-refractivity contribution in [1.82, 2.24) is 10.2 Å². The van der Waals surface area contributed by atoms with Gasteiger partial charge in [0, 0.05) is 12.6 Å². The molecule has 0 heterocycles. The van der Waals surface area contributed by atoms with E-state index in [-0.39, 0.29) is 18.3 Å². The van der Waals surface area contributed by atoms with E-state index in [1.54, 1.807) is 12.1 Å². The molecule has 0 bridgehead atoms. The molecule has 0 spiro atoms. The van der Waals surface area contributed by atoms with Gasteiger partial charge in [-0.1, -0.05) is 17.9 Å². The van der Waals surface area contributed by atoms with Gasteiger partial charge in [-0.05, 0) is 37.6 Å². The molecule has 0 atom stereocenters. The van der Waals surface area contributed by atoms with Crippen molar-refractivity contribution < 1.29 is 9.18 Å². The van der Waals surface area contributed by atoms with Gasteiger partial charge in [-0.3, -0.25) is 9.69 Å². The van der Waals surface area contributed by atoms with E-state index in [2.05, 4.69) is 17.2 Å². The molecule has 0 aromatic heterocycles. The summed E-state index contributed by atoms with van der Waals surface area (Å²) in [6.45, 7) is 1.10. The number of benzene rings is 1. The van der Waals surface area contributed by atoms with E-state index < -0.39 is 0 Å². The maximum absolute atomic E-state index is 13.6. The number of nitrogens with one attached hydrogen (secondary N) is 1. The summed E-state index contributed by atoms with van der Waals surface area (Å²) >= 11 is 0. The normalized spacial score (nSPS) is 13.7. The van der Waals surface area contributed by atoms with E-state index in [9.17, 15) is 9.18 Å². The number of nitrogens with two attached hydrogens (primary N) is 1. The van der Waals surface area contributed by atoms with Crippen molar-refractivity contribution in [3.63, 3.8) is 0 Å². The summed E-state index contributed by atoms with van der Waals surface area (Å²) in [6.07, 6.45) is 2.16. The van der Waals surface area contributed by atoms with Crippen molar-refractivity contribution in [3.05, 3.63) is 35.1 Å². The van der Waals surface area contributed by atoms with Crippen molar-refractivity contribution in [3.8, 4) is 11.8 Å². The highest BCUT2D eigenvalue weighted by molar-refractivity contribution is 5.78. The lowest BCUT2D eigenvalue weighted by molar-refractivity contribution is -0.122. The van der Waals surface area contributed by atoms with Crippen LogP contribution in [0.15, 0.2) is 18.2 Å². The van der Waals surface area contributed by atoms with E-state index >= 15 is 0 Å². The Morgan fingerprint density at radius 3 is 2.95 bits per heavy atom. The molecule has 1 aromatic carbocycles.